The number of para-hydroxylation sites is 1. The number of hydrogen-bond acceptors (Lipinski definition) is 3. The predicted octanol–water partition coefficient (Wildman–Crippen LogP) is 1.97. The number of benzene rings is 1. The molecular formula is C10H9NO2. The van der Waals surface area contributed by atoms with Gasteiger partial charge in [-0.3, -0.25) is 0 Å². The van der Waals surface area contributed by atoms with E-state index in [1.165, 1.54) is 6.26 Å². The van der Waals surface area contributed by atoms with Crippen LogP contribution >= 0.6 is 0 Å². The van der Waals surface area contributed by atoms with Crippen LogP contribution in [0.2, 0.25) is 0 Å². The normalized spacial score (nSPS) is 10.2. The Morgan fingerprint density at radius 2 is 2.08 bits per heavy atom. The van der Waals surface area contributed by atoms with Gasteiger partial charge in [-0.2, -0.15) is 0 Å². The Hall–Kier alpha value is -1.77. The average Bonchev–Trinajstić information content (AvgIpc) is 2.61. The van der Waals surface area contributed by atoms with E-state index in [-0.39, 0.29) is 0 Å². The van der Waals surface area contributed by atoms with Gasteiger partial charge in [0, 0.05) is 12.5 Å². The van der Waals surface area contributed by atoms with Crippen LogP contribution in [0, 0.1) is 0 Å². The van der Waals surface area contributed by atoms with Crippen LogP contribution in [0.1, 0.15) is 11.3 Å². The van der Waals surface area contributed by atoms with Crippen LogP contribution < -0.4 is 0 Å². The molecule has 0 aliphatic carbocycles. The molecule has 1 aromatic carbocycles. The largest absolute Gasteiger partial charge is 0.508 e. The highest BCUT2D eigenvalue weighted by Gasteiger charge is 2.02. The summed E-state index contributed by atoms with van der Waals surface area (Å²) in [6, 6.07) is 8.99. The molecule has 0 spiro atoms. The second-order valence-electron chi connectivity index (χ2n) is 2.80. The van der Waals surface area contributed by atoms with E-state index < -0.39 is 0 Å². The fourth-order valence-electron chi connectivity index (χ4n) is 1.18. The van der Waals surface area contributed by atoms with Crippen molar-refractivity contribution in [3.05, 3.63) is 47.9 Å². The fourth-order valence-corrected chi connectivity index (χ4v) is 1.18. The van der Waals surface area contributed by atoms with Crippen LogP contribution in [0.15, 0.2) is 41.1 Å². The molecule has 0 amide bonds. The van der Waals surface area contributed by atoms with Crippen LogP contribution in [-0.2, 0) is 6.42 Å². The van der Waals surface area contributed by atoms with Gasteiger partial charge in [0.2, 0.25) is 0 Å². The van der Waals surface area contributed by atoms with Crippen LogP contribution in [0.3, 0.4) is 0 Å². The molecule has 3 nitrogen and oxygen atoms in total. The van der Waals surface area contributed by atoms with Crippen molar-refractivity contribution in [2.24, 2.45) is 0 Å². The molecule has 0 bridgehead atoms. The maximum atomic E-state index is 9.45. The minimum absolute atomic E-state index is 0.297. The third kappa shape index (κ3) is 1.69. The molecule has 0 aliphatic rings. The molecule has 0 radical (unpaired) electrons. The molecule has 0 fully saturated rings. The smallest absolute Gasteiger partial charge is 0.124 e. The highest BCUT2D eigenvalue weighted by atomic mass is 16.5. The number of phenols is 1. The molecule has 0 aliphatic heterocycles. The lowest BCUT2D eigenvalue weighted by atomic mass is 10.1. The van der Waals surface area contributed by atoms with Crippen LogP contribution in [0.25, 0.3) is 0 Å². The van der Waals surface area contributed by atoms with Crippen molar-refractivity contribution in [3.8, 4) is 5.75 Å². The summed E-state index contributed by atoms with van der Waals surface area (Å²) in [4.78, 5) is 0. The number of hydrogen-bond donors (Lipinski definition) is 1. The molecule has 0 unspecified atom stereocenters. The van der Waals surface area contributed by atoms with Gasteiger partial charge in [0.15, 0.2) is 0 Å². The maximum absolute atomic E-state index is 9.45. The summed E-state index contributed by atoms with van der Waals surface area (Å²) in [5.41, 5.74) is 1.68. The number of nitrogens with zero attached hydrogens (tertiary/aromatic N) is 1. The monoisotopic (exact) mass is 175 g/mol. The Balaban J connectivity index is 2.24. The molecule has 1 heterocycles. The molecule has 0 saturated heterocycles. The molecule has 0 atom stereocenters. The quantitative estimate of drug-likeness (QED) is 0.759. The third-order valence-electron chi connectivity index (χ3n) is 1.85. The predicted molar refractivity (Wildman–Crippen MR) is 47.4 cm³/mol. The molecule has 0 saturated carbocycles. The van der Waals surface area contributed by atoms with E-state index in [1.54, 1.807) is 18.2 Å². The minimum atomic E-state index is 0.297. The average molecular weight is 175 g/mol. The summed E-state index contributed by atoms with van der Waals surface area (Å²) < 4.78 is 4.69. The number of phenolic OH excluding ortho intramolecular Hbond substituents is 1. The lowest BCUT2D eigenvalue weighted by Gasteiger charge is -1.99. The van der Waals surface area contributed by atoms with Crippen molar-refractivity contribution < 1.29 is 9.63 Å². The number of rotatable bonds is 2. The summed E-state index contributed by atoms with van der Waals surface area (Å²) in [6.45, 7) is 0. The van der Waals surface area contributed by atoms with E-state index in [9.17, 15) is 5.11 Å². The van der Waals surface area contributed by atoms with Crippen molar-refractivity contribution in [1.29, 1.82) is 0 Å². The second kappa shape index (κ2) is 3.31. The van der Waals surface area contributed by atoms with Crippen LogP contribution in [-0.4, -0.2) is 10.3 Å². The van der Waals surface area contributed by atoms with Crippen molar-refractivity contribution >= 4 is 0 Å². The van der Waals surface area contributed by atoms with Gasteiger partial charge in [0.05, 0.1) is 5.69 Å². The molecule has 1 N–H and O–H groups in total. The molecule has 66 valence electrons. The Morgan fingerprint density at radius 3 is 2.77 bits per heavy atom. The van der Waals surface area contributed by atoms with Gasteiger partial charge in [0.1, 0.15) is 12.0 Å². The van der Waals surface area contributed by atoms with Crippen molar-refractivity contribution in [1.82, 2.24) is 5.16 Å². The van der Waals surface area contributed by atoms with Crippen LogP contribution in [0.4, 0.5) is 0 Å². The SMILES string of the molecule is Oc1ccccc1Cc1ccon1. The summed E-state index contributed by atoms with van der Waals surface area (Å²) in [6.07, 6.45) is 2.12. The first-order valence-electron chi connectivity index (χ1n) is 4.02. The van der Waals surface area contributed by atoms with E-state index >= 15 is 0 Å². The van der Waals surface area contributed by atoms with Gasteiger partial charge in [-0.15, -0.1) is 0 Å². The maximum Gasteiger partial charge on any atom is 0.124 e. The van der Waals surface area contributed by atoms with E-state index in [1.807, 2.05) is 12.1 Å². The zero-order valence-electron chi connectivity index (χ0n) is 6.97. The molecular weight excluding hydrogens is 166 g/mol. The number of aromatic hydroxyl groups is 1. The lowest BCUT2D eigenvalue weighted by molar-refractivity contribution is 0.412. The first-order chi connectivity index (χ1) is 6.36. The molecule has 3 heteroatoms. The summed E-state index contributed by atoms with van der Waals surface area (Å²) in [5.74, 6) is 0.297. The van der Waals surface area contributed by atoms with E-state index in [0.29, 0.717) is 12.2 Å². The molecule has 2 rings (SSSR count). The van der Waals surface area contributed by atoms with Gasteiger partial charge in [-0.1, -0.05) is 23.4 Å². The van der Waals surface area contributed by atoms with Crippen molar-refractivity contribution in [2.45, 2.75) is 6.42 Å². The minimum Gasteiger partial charge on any atom is -0.508 e. The lowest BCUT2D eigenvalue weighted by Crippen LogP contribution is -1.87. The van der Waals surface area contributed by atoms with E-state index in [4.69, 9.17) is 4.52 Å². The summed E-state index contributed by atoms with van der Waals surface area (Å²) in [7, 11) is 0. The fraction of sp³-hybridized carbons (Fsp3) is 0.100. The Labute approximate surface area is 75.6 Å². The van der Waals surface area contributed by atoms with Gasteiger partial charge < -0.3 is 9.63 Å². The van der Waals surface area contributed by atoms with Crippen LogP contribution in [0.5, 0.6) is 5.75 Å². The first kappa shape index (κ1) is 7.86. The van der Waals surface area contributed by atoms with Crippen molar-refractivity contribution in [3.63, 3.8) is 0 Å². The molecule has 2 aromatic rings. The van der Waals surface area contributed by atoms with Gasteiger partial charge in [-0.25, -0.2) is 0 Å². The van der Waals surface area contributed by atoms with E-state index in [0.717, 1.165) is 11.3 Å². The standard InChI is InChI=1S/C10H9NO2/c12-10-4-2-1-3-8(10)7-9-5-6-13-11-9/h1-6,12H,7H2. The summed E-state index contributed by atoms with van der Waals surface area (Å²) >= 11 is 0. The van der Waals surface area contributed by atoms with Gasteiger partial charge >= 0.3 is 0 Å². The Morgan fingerprint density at radius 1 is 1.23 bits per heavy atom. The van der Waals surface area contributed by atoms with E-state index in [2.05, 4.69) is 5.16 Å². The Kier molecular flexibility index (Phi) is 2.00. The number of aromatic nitrogens is 1. The molecule has 1 aromatic heterocycles. The van der Waals surface area contributed by atoms with Gasteiger partial charge in [0.25, 0.3) is 0 Å². The molecule has 13 heavy (non-hydrogen) atoms. The highest BCUT2D eigenvalue weighted by Crippen LogP contribution is 2.18. The first-order valence-corrected chi connectivity index (χ1v) is 4.02. The zero-order chi connectivity index (χ0) is 9.10. The third-order valence-corrected chi connectivity index (χ3v) is 1.85. The second-order valence-corrected chi connectivity index (χ2v) is 2.80. The Bertz CT molecular complexity index is 382. The zero-order valence-corrected chi connectivity index (χ0v) is 6.97. The van der Waals surface area contributed by atoms with Crippen molar-refractivity contribution in [2.75, 3.05) is 0 Å². The highest BCUT2D eigenvalue weighted by molar-refractivity contribution is 5.34. The van der Waals surface area contributed by atoms with Gasteiger partial charge in [-0.05, 0) is 11.6 Å². The summed E-state index contributed by atoms with van der Waals surface area (Å²) in [5, 5.41) is 13.2. The topological polar surface area (TPSA) is 46.3 Å².